The topological polar surface area (TPSA) is 58.1 Å². The molecule has 0 radical (unpaired) electrons. The van der Waals surface area contributed by atoms with Crippen LogP contribution in [-0.4, -0.2) is 40.4 Å². The average Bonchev–Trinajstić information content (AvgIpc) is 2.73. The molecular formula is C21H25ClN4O. The summed E-state index contributed by atoms with van der Waals surface area (Å²) >= 11 is 5.91. The van der Waals surface area contributed by atoms with E-state index in [9.17, 15) is 4.79 Å². The molecule has 6 heteroatoms. The Labute approximate surface area is 165 Å². The van der Waals surface area contributed by atoms with Gasteiger partial charge in [-0.15, -0.1) is 0 Å². The molecule has 2 aromatic rings. The Kier molecular flexibility index (Phi) is 5.69. The molecule has 3 heterocycles. The number of carbonyl (C=O) groups is 1. The van der Waals surface area contributed by atoms with Gasteiger partial charge in [0, 0.05) is 55.2 Å². The van der Waals surface area contributed by atoms with E-state index in [1.807, 2.05) is 35.4 Å². The predicted molar refractivity (Wildman–Crippen MR) is 106 cm³/mol. The molecule has 0 saturated carbocycles. The minimum Gasteiger partial charge on any atom is -0.338 e. The molecule has 1 fully saturated rings. The molecule has 1 amide bonds. The summed E-state index contributed by atoms with van der Waals surface area (Å²) in [4.78, 5) is 24.0. The standard InChI is InChI=1S/C21H25ClN4O/c22-18-6-3-15(4-7-18)5-8-20(27)26-11-9-19-17(14-26)13-24-21(25-19)16-2-1-10-23-12-16/h3-4,6-7,13,16,23H,1-2,5,8-12,14H2/t16-/m1/s1. The van der Waals surface area contributed by atoms with E-state index in [2.05, 4.69) is 10.3 Å². The fourth-order valence-electron chi connectivity index (χ4n) is 3.87. The number of rotatable bonds is 4. The van der Waals surface area contributed by atoms with E-state index in [-0.39, 0.29) is 5.91 Å². The van der Waals surface area contributed by atoms with Crippen molar-refractivity contribution in [3.63, 3.8) is 0 Å². The highest BCUT2D eigenvalue weighted by molar-refractivity contribution is 6.30. The number of amides is 1. The molecule has 5 nitrogen and oxygen atoms in total. The lowest BCUT2D eigenvalue weighted by atomic mass is 9.98. The van der Waals surface area contributed by atoms with Crippen LogP contribution in [-0.2, 0) is 24.2 Å². The molecule has 2 aliphatic rings. The van der Waals surface area contributed by atoms with Gasteiger partial charge >= 0.3 is 0 Å². The van der Waals surface area contributed by atoms with Crippen LogP contribution < -0.4 is 5.32 Å². The lowest BCUT2D eigenvalue weighted by molar-refractivity contribution is -0.132. The van der Waals surface area contributed by atoms with Gasteiger partial charge in [-0.3, -0.25) is 4.79 Å². The molecule has 0 spiro atoms. The number of nitrogens with zero attached hydrogens (tertiary/aromatic N) is 3. The van der Waals surface area contributed by atoms with Gasteiger partial charge in [-0.1, -0.05) is 23.7 Å². The quantitative estimate of drug-likeness (QED) is 0.879. The van der Waals surface area contributed by atoms with Crippen LogP contribution in [0.25, 0.3) is 0 Å². The molecule has 2 aliphatic heterocycles. The number of carbonyl (C=O) groups excluding carboxylic acids is 1. The molecule has 4 rings (SSSR count). The maximum atomic E-state index is 12.6. The van der Waals surface area contributed by atoms with Crippen LogP contribution in [0.3, 0.4) is 0 Å². The number of aromatic nitrogens is 2. The van der Waals surface area contributed by atoms with Crippen LogP contribution in [0.4, 0.5) is 0 Å². The highest BCUT2D eigenvalue weighted by Crippen LogP contribution is 2.23. The first-order valence-electron chi connectivity index (χ1n) is 9.76. The van der Waals surface area contributed by atoms with E-state index in [1.165, 1.54) is 6.42 Å². The summed E-state index contributed by atoms with van der Waals surface area (Å²) in [7, 11) is 0. The largest absolute Gasteiger partial charge is 0.338 e. The van der Waals surface area contributed by atoms with Crippen molar-refractivity contribution in [3.8, 4) is 0 Å². The van der Waals surface area contributed by atoms with E-state index in [0.717, 1.165) is 66.6 Å². The second-order valence-corrected chi connectivity index (χ2v) is 7.87. The highest BCUT2D eigenvalue weighted by Gasteiger charge is 2.24. The summed E-state index contributed by atoms with van der Waals surface area (Å²) in [6.45, 7) is 3.42. The molecule has 1 N–H and O–H groups in total. The van der Waals surface area contributed by atoms with Crippen molar-refractivity contribution < 1.29 is 4.79 Å². The number of fused-ring (bicyclic) bond motifs is 1. The minimum absolute atomic E-state index is 0.191. The first kappa shape index (κ1) is 18.4. The zero-order valence-corrected chi connectivity index (χ0v) is 16.2. The van der Waals surface area contributed by atoms with Gasteiger partial charge in [0.15, 0.2) is 0 Å². The Morgan fingerprint density at radius 3 is 2.93 bits per heavy atom. The Morgan fingerprint density at radius 1 is 1.30 bits per heavy atom. The van der Waals surface area contributed by atoms with Gasteiger partial charge in [0.05, 0.1) is 5.69 Å². The van der Waals surface area contributed by atoms with Crippen LogP contribution >= 0.6 is 11.6 Å². The Balaban J connectivity index is 1.36. The van der Waals surface area contributed by atoms with Crippen LogP contribution in [0.1, 0.15) is 47.8 Å². The number of aryl methyl sites for hydroxylation is 1. The van der Waals surface area contributed by atoms with E-state index < -0.39 is 0 Å². The third kappa shape index (κ3) is 4.47. The number of nitrogens with one attached hydrogen (secondary N) is 1. The molecule has 1 atom stereocenters. The van der Waals surface area contributed by atoms with Crippen molar-refractivity contribution in [2.75, 3.05) is 19.6 Å². The molecular weight excluding hydrogens is 360 g/mol. The fraction of sp³-hybridized carbons (Fsp3) is 0.476. The molecule has 0 unspecified atom stereocenters. The van der Waals surface area contributed by atoms with Gasteiger partial charge in [-0.05, 0) is 43.5 Å². The van der Waals surface area contributed by atoms with Crippen molar-refractivity contribution in [2.45, 2.75) is 44.6 Å². The van der Waals surface area contributed by atoms with E-state index in [4.69, 9.17) is 16.6 Å². The number of hydrogen-bond acceptors (Lipinski definition) is 4. The lowest BCUT2D eigenvalue weighted by Gasteiger charge is -2.29. The van der Waals surface area contributed by atoms with Gasteiger partial charge in [-0.2, -0.15) is 0 Å². The molecule has 1 aromatic carbocycles. The smallest absolute Gasteiger partial charge is 0.223 e. The van der Waals surface area contributed by atoms with Crippen LogP contribution in [0.5, 0.6) is 0 Å². The summed E-state index contributed by atoms with van der Waals surface area (Å²) in [5, 5.41) is 4.15. The van der Waals surface area contributed by atoms with E-state index in [0.29, 0.717) is 18.9 Å². The molecule has 1 saturated heterocycles. The number of piperidine rings is 1. The SMILES string of the molecule is O=C(CCc1ccc(Cl)cc1)N1CCc2nc([C@@H]3CCCNC3)ncc2C1. The van der Waals surface area contributed by atoms with Crippen molar-refractivity contribution >= 4 is 17.5 Å². The molecule has 0 bridgehead atoms. The Bertz CT molecular complexity index is 802. The fourth-order valence-corrected chi connectivity index (χ4v) is 4.00. The summed E-state index contributed by atoms with van der Waals surface area (Å²) in [5.41, 5.74) is 3.35. The lowest BCUT2D eigenvalue weighted by Crippen LogP contribution is -2.37. The highest BCUT2D eigenvalue weighted by atomic mass is 35.5. The van der Waals surface area contributed by atoms with Crippen molar-refractivity contribution in [1.29, 1.82) is 0 Å². The van der Waals surface area contributed by atoms with Crippen molar-refractivity contribution in [2.24, 2.45) is 0 Å². The third-order valence-corrected chi connectivity index (χ3v) is 5.76. The third-order valence-electron chi connectivity index (χ3n) is 5.51. The number of benzene rings is 1. The number of halogens is 1. The molecule has 1 aromatic heterocycles. The zero-order valence-electron chi connectivity index (χ0n) is 15.5. The van der Waals surface area contributed by atoms with Crippen molar-refractivity contribution in [3.05, 3.63) is 58.1 Å². The summed E-state index contributed by atoms with van der Waals surface area (Å²) in [6.07, 6.45) is 6.35. The minimum atomic E-state index is 0.191. The van der Waals surface area contributed by atoms with Crippen LogP contribution in [0.15, 0.2) is 30.5 Å². The monoisotopic (exact) mass is 384 g/mol. The van der Waals surface area contributed by atoms with Gasteiger partial charge in [0.1, 0.15) is 5.82 Å². The zero-order chi connectivity index (χ0) is 18.6. The first-order chi connectivity index (χ1) is 13.2. The second-order valence-electron chi connectivity index (χ2n) is 7.44. The van der Waals surface area contributed by atoms with Crippen LogP contribution in [0, 0.1) is 0 Å². The summed E-state index contributed by atoms with van der Waals surface area (Å²) in [6, 6.07) is 7.71. The summed E-state index contributed by atoms with van der Waals surface area (Å²) < 4.78 is 0. The second kappa shape index (κ2) is 8.36. The maximum absolute atomic E-state index is 12.6. The maximum Gasteiger partial charge on any atom is 0.223 e. The predicted octanol–water partition coefficient (Wildman–Crippen LogP) is 3.11. The Hall–Kier alpha value is -1.98. The Morgan fingerprint density at radius 2 is 2.15 bits per heavy atom. The van der Waals surface area contributed by atoms with Crippen LogP contribution in [0.2, 0.25) is 5.02 Å². The normalized spacial score (nSPS) is 19.6. The van der Waals surface area contributed by atoms with Gasteiger partial charge < -0.3 is 10.2 Å². The van der Waals surface area contributed by atoms with Gasteiger partial charge in [0.2, 0.25) is 5.91 Å². The summed E-state index contributed by atoms with van der Waals surface area (Å²) in [5.74, 6) is 1.57. The van der Waals surface area contributed by atoms with E-state index >= 15 is 0 Å². The van der Waals surface area contributed by atoms with E-state index in [1.54, 1.807) is 0 Å². The average molecular weight is 385 g/mol. The number of hydrogen-bond donors (Lipinski definition) is 1. The van der Waals surface area contributed by atoms with Gasteiger partial charge in [-0.25, -0.2) is 9.97 Å². The molecule has 27 heavy (non-hydrogen) atoms. The molecule has 142 valence electrons. The first-order valence-corrected chi connectivity index (χ1v) is 10.1. The van der Waals surface area contributed by atoms with Crippen molar-refractivity contribution in [1.82, 2.24) is 20.2 Å². The molecule has 0 aliphatic carbocycles. The van der Waals surface area contributed by atoms with Gasteiger partial charge in [0.25, 0.3) is 0 Å².